The Morgan fingerprint density at radius 1 is 0.967 bits per heavy atom. The molecule has 0 spiro atoms. The molecule has 5 heteroatoms. The van der Waals surface area contributed by atoms with Gasteiger partial charge in [0.05, 0.1) is 12.2 Å². The number of hydrogen-bond acceptors (Lipinski definition) is 5. The second-order valence-corrected chi connectivity index (χ2v) is 10.0. The number of thioether (sulfide) groups is 1. The molecule has 0 amide bonds. The fourth-order valence-electron chi connectivity index (χ4n) is 4.35. The molecule has 1 saturated heterocycles. The first-order valence-corrected chi connectivity index (χ1v) is 12.1. The summed E-state index contributed by atoms with van der Waals surface area (Å²) < 4.78 is 17.8. The molecule has 0 aromatic heterocycles. The van der Waals surface area contributed by atoms with E-state index in [1.54, 1.807) is 0 Å². The topological polar surface area (TPSA) is 47.9 Å². The van der Waals surface area contributed by atoms with Crippen molar-refractivity contribution in [2.75, 3.05) is 13.2 Å². The maximum Gasteiger partial charge on any atom is 0.161 e. The molecular weight excluding hydrogens is 396 g/mol. The first-order chi connectivity index (χ1) is 14.7. The minimum atomic E-state index is -0.285. The molecule has 160 valence electrons. The van der Waals surface area contributed by atoms with Crippen LogP contribution < -0.4 is 9.47 Å². The molecule has 1 aliphatic carbocycles. The molecule has 2 aromatic rings. The van der Waals surface area contributed by atoms with Gasteiger partial charge in [-0.1, -0.05) is 31.2 Å². The lowest BCUT2D eigenvalue weighted by Gasteiger charge is -2.33. The van der Waals surface area contributed by atoms with Gasteiger partial charge in [0, 0.05) is 18.1 Å². The highest BCUT2D eigenvalue weighted by atomic mass is 32.2. The summed E-state index contributed by atoms with van der Waals surface area (Å²) in [6, 6.07) is 13.0. The second kappa shape index (κ2) is 8.81. The van der Waals surface area contributed by atoms with Crippen molar-refractivity contribution in [3.05, 3.63) is 58.7 Å². The molecule has 3 unspecified atom stereocenters. The average Bonchev–Trinajstić information content (AvgIpc) is 3.57. The lowest BCUT2D eigenvalue weighted by Crippen LogP contribution is -2.29. The molecule has 2 aliphatic heterocycles. The minimum absolute atomic E-state index is 0.0325. The van der Waals surface area contributed by atoms with Gasteiger partial charge in [0.25, 0.3) is 0 Å². The molecule has 4 nitrogen and oxygen atoms in total. The number of aliphatic hydroxyl groups excluding tert-OH is 1. The van der Waals surface area contributed by atoms with Crippen LogP contribution in [-0.4, -0.2) is 35.1 Å². The van der Waals surface area contributed by atoms with E-state index in [1.165, 1.54) is 35.1 Å². The van der Waals surface area contributed by atoms with Crippen LogP contribution in [-0.2, 0) is 17.6 Å². The van der Waals surface area contributed by atoms with Crippen molar-refractivity contribution < 1.29 is 19.3 Å². The summed E-state index contributed by atoms with van der Waals surface area (Å²) in [5, 5.41) is 11.2. The predicted octanol–water partition coefficient (Wildman–Crippen LogP) is 5.05. The van der Waals surface area contributed by atoms with E-state index in [9.17, 15) is 5.11 Å². The molecule has 3 atom stereocenters. The Morgan fingerprint density at radius 2 is 1.80 bits per heavy atom. The summed E-state index contributed by atoms with van der Waals surface area (Å²) in [5.74, 6) is 1.67. The number of rotatable bonds is 6. The highest BCUT2D eigenvalue weighted by Crippen LogP contribution is 2.43. The molecular formula is C25H30O4S. The SMILES string of the molecule is CCc1ccc(C2CC(O)CC(SC3CC3)O2)cc1Cc1ccc2c(c1)OCCO2. The van der Waals surface area contributed by atoms with Crippen molar-refractivity contribution in [1.29, 1.82) is 0 Å². The summed E-state index contributed by atoms with van der Waals surface area (Å²) >= 11 is 1.91. The molecule has 1 N–H and O–H groups in total. The summed E-state index contributed by atoms with van der Waals surface area (Å²) in [7, 11) is 0. The Hall–Kier alpha value is -1.69. The molecule has 2 fully saturated rings. The molecule has 5 rings (SSSR count). The van der Waals surface area contributed by atoms with Crippen LogP contribution in [0.15, 0.2) is 36.4 Å². The van der Waals surface area contributed by atoms with Crippen molar-refractivity contribution in [2.24, 2.45) is 0 Å². The fraction of sp³-hybridized carbons (Fsp3) is 0.520. The third kappa shape index (κ3) is 4.63. The van der Waals surface area contributed by atoms with E-state index in [0.717, 1.165) is 36.0 Å². The number of ether oxygens (including phenoxy) is 3. The summed E-state index contributed by atoms with van der Waals surface area (Å²) in [6.45, 7) is 3.42. The largest absolute Gasteiger partial charge is 0.486 e. The number of benzene rings is 2. The highest BCUT2D eigenvalue weighted by molar-refractivity contribution is 8.00. The summed E-state index contributed by atoms with van der Waals surface area (Å²) in [6.07, 6.45) is 5.53. The third-order valence-electron chi connectivity index (χ3n) is 6.12. The molecule has 2 heterocycles. The number of fused-ring (bicyclic) bond motifs is 1. The van der Waals surface area contributed by atoms with E-state index in [2.05, 4.69) is 37.3 Å². The van der Waals surface area contributed by atoms with Crippen LogP contribution in [0, 0.1) is 0 Å². The quantitative estimate of drug-likeness (QED) is 0.701. The van der Waals surface area contributed by atoms with Gasteiger partial charge in [-0.25, -0.2) is 0 Å². The van der Waals surface area contributed by atoms with Gasteiger partial charge >= 0.3 is 0 Å². The predicted molar refractivity (Wildman–Crippen MR) is 120 cm³/mol. The van der Waals surface area contributed by atoms with E-state index < -0.39 is 0 Å². The van der Waals surface area contributed by atoms with Gasteiger partial charge in [0.15, 0.2) is 11.5 Å². The highest BCUT2D eigenvalue weighted by Gasteiger charge is 2.34. The van der Waals surface area contributed by atoms with E-state index in [0.29, 0.717) is 19.6 Å². The van der Waals surface area contributed by atoms with Crippen LogP contribution >= 0.6 is 11.8 Å². The van der Waals surface area contributed by atoms with Gasteiger partial charge in [-0.3, -0.25) is 0 Å². The van der Waals surface area contributed by atoms with E-state index in [-0.39, 0.29) is 17.6 Å². The average molecular weight is 427 g/mol. The normalized spacial score (nSPS) is 25.9. The van der Waals surface area contributed by atoms with Crippen LogP contribution in [0.3, 0.4) is 0 Å². The minimum Gasteiger partial charge on any atom is -0.486 e. The van der Waals surface area contributed by atoms with Crippen LogP contribution in [0.25, 0.3) is 0 Å². The van der Waals surface area contributed by atoms with E-state index >= 15 is 0 Å². The third-order valence-corrected chi connectivity index (χ3v) is 7.58. The van der Waals surface area contributed by atoms with E-state index in [4.69, 9.17) is 14.2 Å². The monoisotopic (exact) mass is 426 g/mol. The van der Waals surface area contributed by atoms with Crippen LogP contribution in [0.2, 0.25) is 0 Å². The molecule has 0 radical (unpaired) electrons. The summed E-state index contributed by atoms with van der Waals surface area (Å²) in [4.78, 5) is 0. The van der Waals surface area contributed by atoms with Gasteiger partial charge in [-0.15, -0.1) is 11.8 Å². The van der Waals surface area contributed by atoms with Crippen LogP contribution in [0.1, 0.15) is 61.0 Å². The number of hydrogen-bond donors (Lipinski definition) is 1. The Kier molecular flexibility index (Phi) is 5.94. The first-order valence-electron chi connectivity index (χ1n) is 11.2. The number of aliphatic hydroxyl groups is 1. The van der Waals surface area contributed by atoms with E-state index in [1.807, 2.05) is 17.8 Å². The zero-order valence-corrected chi connectivity index (χ0v) is 18.3. The first kappa shape index (κ1) is 20.2. The Labute approximate surface area is 182 Å². The maximum atomic E-state index is 10.4. The van der Waals surface area contributed by atoms with Gasteiger partial charge in [-0.05, 0) is 60.1 Å². The molecule has 1 saturated carbocycles. The second-order valence-electron chi connectivity index (χ2n) is 8.55. The number of aryl methyl sites for hydroxylation is 1. The van der Waals surface area contributed by atoms with Gasteiger partial charge in [-0.2, -0.15) is 0 Å². The van der Waals surface area contributed by atoms with Crippen molar-refractivity contribution >= 4 is 11.8 Å². The van der Waals surface area contributed by atoms with Gasteiger partial charge in [0.2, 0.25) is 0 Å². The van der Waals surface area contributed by atoms with Crippen molar-refractivity contribution in [2.45, 2.75) is 68.3 Å². The van der Waals surface area contributed by atoms with Crippen LogP contribution in [0.4, 0.5) is 0 Å². The maximum absolute atomic E-state index is 10.4. The van der Waals surface area contributed by atoms with Crippen molar-refractivity contribution in [1.82, 2.24) is 0 Å². The zero-order chi connectivity index (χ0) is 20.5. The molecule has 2 aromatic carbocycles. The molecule has 30 heavy (non-hydrogen) atoms. The van der Waals surface area contributed by atoms with Crippen molar-refractivity contribution in [3.8, 4) is 11.5 Å². The van der Waals surface area contributed by atoms with Gasteiger partial charge < -0.3 is 19.3 Å². The van der Waals surface area contributed by atoms with Crippen LogP contribution in [0.5, 0.6) is 11.5 Å². The molecule has 0 bridgehead atoms. The zero-order valence-electron chi connectivity index (χ0n) is 17.5. The standard InChI is InChI=1S/C25H30O4S/c1-2-17-4-5-18(23-14-20(26)15-25(29-23)30-21-6-7-21)13-19(17)11-16-3-8-22-24(12-16)28-10-9-27-22/h3-5,8,12-13,20-21,23,25-26H,2,6-7,9-11,14-15H2,1H3. The Balaban J connectivity index is 1.36. The fourth-order valence-corrected chi connectivity index (χ4v) is 5.72. The summed E-state index contributed by atoms with van der Waals surface area (Å²) in [5.41, 5.74) is 5.19. The lowest BCUT2D eigenvalue weighted by atomic mass is 9.92. The smallest absolute Gasteiger partial charge is 0.161 e. The lowest BCUT2D eigenvalue weighted by molar-refractivity contribution is -0.0607. The van der Waals surface area contributed by atoms with Crippen molar-refractivity contribution in [3.63, 3.8) is 0 Å². The Bertz CT molecular complexity index is 893. The Morgan fingerprint density at radius 3 is 2.60 bits per heavy atom. The molecule has 3 aliphatic rings. The van der Waals surface area contributed by atoms with Gasteiger partial charge in [0.1, 0.15) is 18.6 Å².